The maximum Gasteiger partial charge on any atom is 0.160 e. The van der Waals surface area contributed by atoms with Gasteiger partial charge in [0.1, 0.15) is 0 Å². The molecule has 0 bridgehead atoms. The van der Waals surface area contributed by atoms with Crippen molar-refractivity contribution < 1.29 is 0 Å². The van der Waals surface area contributed by atoms with Gasteiger partial charge in [-0.25, -0.2) is 9.97 Å². The van der Waals surface area contributed by atoms with E-state index in [4.69, 9.17) is 11.6 Å². The van der Waals surface area contributed by atoms with Crippen LogP contribution in [0.3, 0.4) is 0 Å². The van der Waals surface area contributed by atoms with Gasteiger partial charge in [-0.3, -0.25) is 4.98 Å². The number of pyridine rings is 1. The fraction of sp³-hybridized carbons (Fsp3) is 0.100. The molecule has 0 unspecified atom stereocenters. The lowest BCUT2D eigenvalue weighted by Crippen LogP contribution is -1.90. The zero-order chi connectivity index (χ0) is 9.80. The van der Waals surface area contributed by atoms with Crippen molar-refractivity contribution in [1.29, 1.82) is 0 Å². The van der Waals surface area contributed by atoms with Gasteiger partial charge in [-0.05, 0) is 12.1 Å². The number of hydrogen-bond acceptors (Lipinski definition) is 3. The van der Waals surface area contributed by atoms with Crippen LogP contribution in [0.15, 0.2) is 36.9 Å². The maximum absolute atomic E-state index is 5.63. The Labute approximate surface area is 86.8 Å². The van der Waals surface area contributed by atoms with Gasteiger partial charge < -0.3 is 0 Å². The molecule has 0 aliphatic heterocycles. The molecule has 70 valence electrons. The van der Waals surface area contributed by atoms with Crippen molar-refractivity contribution in [3.63, 3.8) is 0 Å². The summed E-state index contributed by atoms with van der Waals surface area (Å²) in [7, 11) is 0. The Morgan fingerprint density at radius 2 is 1.93 bits per heavy atom. The molecule has 0 aliphatic rings. The largest absolute Gasteiger partial charge is 0.264 e. The molecule has 3 nitrogen and oxygen atoms in total. The molecular weight excluding hydrogens is 198 g/mol. The smallest absolute Gasteiger partial charge is 0.160 e. The van der Waals surface area contributed by atoms with Crippen LogP contribution in [-0.4, -0.2) is 15.0 Å². The Kier molecular flexibility index (Phi) is 2.70. The first-order valence-corrected chi connectivity index (χ1v) is 4.71. The summed E-state index contributed by atoms with van der Waals surface area (Å²) in [5, 5.41) is 0. The van der Waals surface area contributed by atoms with E-state index in [1.54, 1.807) is 24.8 Å². The van der Waals surface area contributed by atoms with Gasteiger partial charge in [-0.15, -0.1) is 11.6 Å². The van der Waals surface area contributed by atoms with E-state index in [1.165, 1.54) is 0 Å². The average Bonchev–Trinajstić information content (AvgIpc) is 2.30. The van der Waals surface area contributed by atoms with E-state index in [1.807, 2.05) is 12.1 Å². The predicted molar refractivity (Wildman–Crippen MR) is 54.8 cm³/mol. The SMILES string of the molecule is ClCc1cnc(-c2cccnc2)nc1. The number of aromatic nitrogens is 3. The van der Waals surface area contributed by atoms with Crippen LogP contribution in [0.25, 0.3) is 11.4 Å². The first kappa shape index (κ1) is 9.09. The minimum atomic E-state index is 0.438. The van der Waals surface area contributed by atoms with Crippen LogP contribution in [0.1, 0.15) is 5.56 Å². The summed E-state index contributed by atoms with van der Waals surface area (Å²) in [5.74, 6) is 1.11. The molecule has 2 rings (SSSR count). The van der Waals surface area contributed by atoms with Crippen LogP contribution >= 0.6 is 11.6 Å². The summed E-state index contributed by atoms with van der Waals surface area (Å²) < 4.78 is 0. The molecule has 2 aromatic rings. The van der Waals surface area contributed by atoms with E-state index in [0.29, 0.717) is 11.7 Å². The molecule has 0 spiro atoms. The van der Waals surface area contributed by atoms with Gasteiger partial charge >= 0.3 is 0 Å². The van der Waals surface area contributed by atoms with Gasteiger partial charge in [-0.1, -0.05) is 0 Å². The number of alkyl halides is 1. The molecule has 0 aliphatic carbocycles. The third-order valence-electron chi connectivity index (χ3n) is 1.78. The summed E-state index contributed by atoms with van der Waals surface area (Å²) in [6.07, 6.45) is 6.90. The predicted octanol–water partition coefficient (Wildman–Crippen LogP) is 2.28. The van der Waals surface area contributed by atoms with E-state index >= 15 is 0 Å². The van der Waals surface area contributed by atoms with Crippen molar-refractivity contribution in [3.8, 4) is 11.4 Å². The summed E-state index contributed by atoms with van der Waals surface area (Å²) in [4.78, 5) is 12.4. The molecule has 0 atom stereocenters. The molecule has 4 heteroatoms. The van der Waals surface area contributed by atoms with Crippen LogP contribution in [0.5, 0.6) is 0 Å². The van der Waals surface area contributed by atoms with Gasteiger partial charge in [0.15, 0.2) is 5.82 Å². The molecule has 2 heterocycles. The second kappa shape index (κ2) is 4.15. The van der Waals surface area contributed by atoms with E-state index < -0.39 is 0 Å². The Morgan fingerprint density at radius 3 is 2.50 bits per heavy atom. The topological polar surface area (TPSA) is 38.7 Å². The van der Waals surface area contributed by atoms with Crippen molar-refractivity contribution >= 4 is 11.6 Å². The van der Waals surface area contributed by atoms with Gasteiger partial charge in [0.05, 0.1) is 5.88 Å². The monoisotopic (exact) mass is 205 g/mol. The van der Waals surface area contributed by atoms with Crippen molar-refractivity contribution in [2.24, 2.45) is 0 Å². The second-order valence-corrected chi connectivity index (χ2v) is 3.06. The molecule has 0 saturated carbocycles. The molecular formula is C10H8ClN3. The molecule has 0 saturated heterocycles. The van der Waals surface area contributed by atoms with Crippen LogP contribution in [0.4, 0.5) is 0 Å². The zero-order valence-electron chi connectivity index (χ0n) is 7.39. The number of nitrogens with zero attached hydrogens (tertiary/aromatic N) is 3. The van der Waals surface area contributed by atoms with Crippen molar-refractivity contribution in [2.75, 3.05) is 0 Å². The average molecular weight is 206 g/mol. The second-order valence-electron chi connectivity index (χ2n) is 2.79. The Bertz CT molecular complexity index is 399. The Morgan fingerprint density at radius 1 is 1.14 bits per heavy atom. The fourth-order valence-electron chi connectivity index (χ4n) is 1.07. The fourth-order valence-corrected chi connectivity index (χ4v) is 1.21. The molecule has 0 radical (unpaired) electrons. The lowest BCUT2D eigenvalue weighted by Gasteiger charge is -1.99. The van der Waals surface area contributed by atoms with Gasteiger partial charge in [-0.2, -0.15) is 0 Å². The minimum Gasteiger partial charge on any atom is -0.264 e. The van der Waals surface area contributed by atoms with Crippen LogP contribution in [-0.2, 0) is 5.88 Å². The molecule has 0 N–H and O–H groups in total. The highest BCUT2D eigenvalue weighted by Crippen LogP contribution is 2.12. The van der Waals surface area contributed by atoms with E-state index in [-0.39, 0.29) is 0 Å². The lowest BCUT2D eigenvalue weighted by molar-refractivity contribution is 1.12. The van der Waals surface area contributed by atoms with E-state index in [2.05, 4.69) is 15.0 Å². The summed E-state index contributed by atoms with van der Waals surface area (Å²) in [6.45, 7) is 0. The van der Waals surface area contributed by atoms with Crippen LogP contribution in [0, 0.1) is 0 Å². The van der Waals surface area contributed by atoms with E-state index in [9.17, 15) is 0 Å². The van der Waals surface area contributed by atoms with Crippen LogP contribution < -0.4 is 0 Å². The first-order valence-electron chi connectivity index (χ1n) is 4.17. The van der Waals surface area contributed by atoms with E-state index in [0.717, 1.165) is 11.1 Å². The molecule has 2 aromatic heterocycles. The summed E-state index contributed by atoms with van der Waals surface area (Å²) in [5.41, 5.74) is 1.83. The summed E-state index contributed by atoms with van der Waals surface area (Å²) >= 11 is 5.63. The van der Waals surface area contributed by atoms with Gasteiger partial charge in [0, 0.05) is 35.9 Å². The Hall–Kier alpha value is -1.48. The quantitative estimate of drug-likeness (QED) is 0.706. The molecule has 0 amide bonds. The third kappa shape index (κ3) is 1.88. The highest BCUT2D eigenvalue weighted by atomic mass is 35.5. The van der Waals surface area contributed by atoms with Crippen molar-refractivity contribution in [1.82, 2.24) is 15.0 Å². The standard InChI is InChI=1S/C10H8ClN3/c11-4-8-5-13-10(14-6-8)9-2-1-3-12-7-9/h1-3,5-7H,4H2. The zero-order valence-corrected chi connectivity index (χ0v) is 8.15. The highest BCUT2D eigenvalue weighted by Gasteiger charge is 1.99. The third-order valence-corrected chi connectivity index (χ3v) is 2.09. The van der Waals surface area contributed by atoms with Gasteiger partial charge in [0.2, 0.25) is 0 Å². The summed E-state index contributed by atoms with van der Waals surface area (Å²) in [6, 6.07) is 3.77. The maximum atomic E-state index is 5.63. The lowest BCUT2D eigenvalue weighted by atomic mass is 10.2. The van der Waals surface area contributed by atoms with Gasteiger partial charge in [0.25, 0.3) is 0 Å². The minimum absolute atomic E-state index is 0.438. The number of hydrogen-bond donors (Lipinski definition) is 0. The Balaban J connectivity index is 2.34. The van der Waals surface area contributed by atoms with Crippen molar-refractivity contribution in [3.05, 3.63) is 42.5 Å². The molecule has 0 fully saturated rings. The normalized spacial score (nSPS) is 10.1. The molecule has 0 aromatic carbocycles. The highest BCUT2D eigenvalue weighted by molar-refractivity contribution is 6.17. The molecule has 14 heavy (non-hydrogen) atoms. The number of rotatable bonds is 2. The van der Waals surface area contributed by atoms with Crippen molar-refractivity contribution in [2.45, 2.75) is 5.88 Å². The van der Waals surface area contributed by atoms with Crippen LogP contribution in [0.2, 0.25) is 0 Å². The first-order chi connectivity index (χ1) is 6.90. The number of halogens is 1.